The molecule has 0 amide bonds. The van der Waals surface area contributed by atoms with Gasteiger partial charge in [-0.1, -0.05) is 78.9 Å². The van der Waals surface area contributed by atoms with Gasteiger partial charge in [0.15, 0.2) is 0 Å². The summed E-state index contributed by atoms with van der Waals surface area (Å²) in [7, 11) is 1.78. The van der Waals surface area contributed by atoms with E-state index in [9.17, 15) is 10.1 Å². The molecule has 0 aliphatic carbocycles. The Labute approximate surface area is 163 Å². The van der Waals surface area contributed by atoms with E-state index in [2.05, 4.69) is 6.07 Å². The Morgan fingerprint density at radius 2 is 1.43 bits per heavy atom. The molecule has 3 nitrogen and oxygen atoms in total. The van der Waals surface area contributed by atoms with Gasteiger partial charge in [-0.3, -0.25) is 4.79 Å². The molecule has 0 unspecified atom stereocenters. The SMILES string of the molecule is Cn1c(-c2ccccc2)c(/C=C(\C#N)c2ccccc2)c2ccccc2c1=O. The standard InChI is InChI=1S/C25H18N2O/c1-27-24(19-12-6-3-7-13-19)23(21-14-8-9-15-22(21)25(27)28)16-20(17-26)18-10-4-2-5-11-18/h2-16H,1H3/b20-16+. The number of nitriles is 1. The van der Waals surface area contributed by atoms with Gasteiger partial charge in [-0.05, 0) is 28.7 Å². The van der Waals surface area contributed by atoms with Gasteiger partial charge in [-0.25, -0.2) is 0 Å². The lowest BCUT2D eigenvalue weighted by molar-refractivity contribution is 0.881. The number of rotatable bonds is 3. The third kappa shape index (κ3) is 3.02. The van der Waals surface area contributed by atoms with E-state index in [1.54, 1.807) is 11.6 Å². The van der Waals surface area contributed by atoms with Crippen LogP contribution in [0.15, 0.2) is 89.7 Å². The molecule has 3 heteroatoms. The number of hydrogen-bond acceptors (Lipinski definition) is 2. The van der Waals surface area contributed by atoms with Crippen molar-refractivity contribution in [1.29, 1.82) is 5.26 Å². The lowest BCUT2D eigenvalue weighted by Gasteiger charge is -2.16. The summed E-state index contributed by atoms with van der Waals surface area (Å²) >= 11 is 0. The van der Waals surface area contributed by atoms with Crippen LogP contribution in [0.2, 0.25) is 0 Å². The number of hydrogen-bond donors (Lipinski definition) is 0. The predicted octanol–water partition coefficient (Wildman–Crippen LogP) is 5.27. The smallest absolute Gasteiger partial charge is 0.258 e. The number of nitrogens with zero attached hydrogens (tertiary/aromatic N) is 2. The molecule has 3 aromatic carbocycles. The molecule has 0 N–H and O–H groups in total. The van der Waals surface area contributed by atoms with Crippen molar-refractivity contribution < 1.29 is 0 Å². The first-order valence-electron chi connectivity index (χ1n) is 9.05. The first-order valence-corrected chi connectivity index (χ1v) is 9.05. The summed E-state index contributed by atoms with van der Waals surface area (Å²) in [4.78, 5) is 13.0. The zero-order chi connectivity index (χ0) is 19.5. The fourth-order valence-electron chi connectivity index (χ4n) is 3.53. The minimum atomic E-state index is -0.0511. The second-order valence-electron chi connectivity index (χ2n) is 6.57. The maximum atomic E-state index is 13.0. The Morgan fingerprint density at radius 1 is 0.857 bits per heavy atom. The van der Waals surface area contributed by atoms with Crippen molar-refractivity contribution >= 4 is 22.4 Å². The van der Waals surface area contributed by atoms with E-state index in [0.29, 0.717) is 11.0 Å². The largest absolute Gasteiger partial charge is 0.310 e. The Hall–Kier alpha value is -3.90. The molecule has 1 heterocycles. The third-order valence-electron chi connectivity index (χ3n) is 4.88. The van der Waals surface area contributed by atoms with E-state index in [4.69, 9.17) is 0 Å². The summed E-state index contributed by atoms with van der Waals surface area (Å²) < 4.78 is 1.67. The number of benzene rings is 3. The van der Waals surface area contributed by atoms with E-state index in [-0.39, 0.29) is 5.56 Å². The molecule has 0 saturated carbocycles. The molecule has 134 valence electrons. The molecule has 4 rings (SSSR count). The lowest BCUT2D eigenvalue weighted by Crippen LogP contribution is -2.20. The van der Waals surface area contributed by atoms with Crippen LogP contribution in [-0.4, -0.2) is 4.57 Å². The summed E-state index contributed by atoms with van der Waals surface area (Å²) in [5, 5.41) is 11.3. The molecule has 1 aromatic heterocycles. The summed E-state index contributed by atoms with van der Waals surface area (Å²) in [6, 6.07) is 29.3. The van der Waals surface area contributed by atoms with Crippen molar-refractivity contribution in [2.45, 2.75) is 0 Å². The van der Waals surface area contributed by atoms with Crippen LogP contribution in [-0.2, 0) is 7.05 Å². The average molecular weight is 362 g/mol. The molecular weight excluding hydrogens is 344 g/mol. The number of pyridine rings is 1. The van der Waals surface area contributed by atoms with Gasteiger partial charge in [0.2, 0.25) is 0 Å². The first-order chi connectivity index (χ1) is 13.7. The van der Waals surface area contributed by atoms with Gasteiger partial charge in [-0.15, -0.1) is 0 Å². The van der Waals surface area contributed by atoms with E-state index < -0.39 is 0 Å². The monoisotopic (exact) mass is 362 g/mol. The van der Waals surface area contributed by atoms with Crippen LogP contribution in [0.3, 0.4) is 0 Å². The van der Waals surface area contributed by atoms with Crippen LogP contribution in [0.4, 0.5) is 0 Å². The van der Waals surface area contributed by atoms with Gasteiger partial charge in [0.05, 0.1) is 17.3 Å². The second-order valence-corrected chi connectivity index (χ2v) is 6.57. The minimum Gasteiger partial charge on any atom is -0.310 e. The highest BCUT2D eigenvalue weighted by atomic mass is 16.1. The fourth-order valence-corrected chi connectivity index (χ4v) is 3.53. The summed E-state index contributed by atoms with van der Waals surface area (Å²) in [6.07, 6.45) is 1.89. The van der Waals surface area contributed by atoms with Crippen LogP contribution in [0, 0.1) is 11.3 Å². The molecule has 0 spiro atoms. The van der Waals surface area contributed by atoms with Crippen LogP contribution >= 0.6 is 0 Å². The molecule has 0 atom stereocenters. The Bertz CT molecular complexity index is 1280. The minimum absolute atomic E-state index is 0.0511. The van der Waals surface area contributed by atoms with Crippen molar-refractivity contribution in [3.63, 3.8) is 0 Å². The Morgan fingerprint density at radius 3 is 2.07 bits per heavy atom. The molecule has 0 bridgehead atoms. The molecule has 0 fully saturated rings. The second kappa shape index (κ2) is 7.38. The van der Waals surface area contributed by atoms with Crippen LogP contribution in [0.1, 0.15) is 11.1 Å². The highest BCUT2D eigenvalue weighted by Crippen LogP contribution is 2.31. The van der Waals surface area contributed by atoms with E-state index in [1.807, 2.05) is 91.0 Å². The van der Waals surface area contributed by atoms with Crippen molar-refractivity contribution in [2.75, 3.05) is 0 Å². The lowest BCUT2D eigenvalue weighted by atomic mass is 9.95. The molecule has 0 saturated heterocycles. The van der Waals surface area contributed by atoms with Crippen LogP contribution < -0.4 is 5.56 Å². The molecular formula is C25H18N2O. The van der Waals surface area contributed by atoms with Crippen LogP contribution in [0.25, 0.3) is 33.7 Å². The zero-order valence-corrected chi connectivity index (χ0v) is 15.5. The molecule has 0 aliphatic heterocycles. The van der Waals surface area contributed by atoms with Gasteiger partial charge >= 0.3 is 0 Å². The number of aromatic nitrogens is 1. The van der Waals surface area contributed by atoms with Gasteiger partial charge in [0, 0.05) is 18.0 Å². The third-order valence-corrected chi connectivity index (χ3v) is 4.88. The molecule has 0 aliphatic rings. The summed E-state index contributed by atoms with van der Waals surface area (Å²) in [5.41, 5.74) is 3.95. The zero-order valence-electron chi connectivity index (χ0n) is 15.5. The number of fused-ring (bicyclic) bond motifs is 1. The Kier molecular flexibility index (Phi) is 4.62. The van der Waals surface area contributed by atoms with Crippen molar-refractivity contribution in [2.24, 2.45) is 7.05 Å². The topological polar surface area (TPSA) is 45.8 Å². The van der Waals surface area contributed by atoms with Gasteiger partial charge in [0.1, 0.15) is 0 Å². The highest BCUT2D eigenvalue weighted by Gasteiger charge is 2.15. The Balaban J connectivity index is 2.12. The average Bonchev–Trinajstić information content (AvgIpc) is 2.76. The van der Waals surface area contributed by atoms with Gasteiger partial charge < -0.3 is 4.57 Å². The predicted molar refractivity (Wildman–Crippen MR) is 115 cm³/mol. The number of allylic oxidation sites excluding steroid dienone is 1. The maximum Gasteiger partial charge on any atom is 0.258 e. The normalized spacial score (nSPS) is 11.4. The first kappa shape index (κ1) is 17.5. The fraction of sp³-hybridized carbons (Fsp3) is 0.0400. The maximum absolute atomic E-state index is 13.0. The van der Waals surface area contributed by atoms with E-state index in [0.717, 1.165) is 27.8 Å². The quantitative estimate of drug-likeness (QED) is 0.466. The molecule has 28 heavy (non-hydrogen) atoms. The summed E-state index contributed by atoms with van der Waals surface area (Å²) in [5.74, 6) is 0. The molecule has 0 radical (unpaired) electrons. The molecule has 4 aromatic rings. The van der Waals surface area contributed by atoms with Crippen molar-refractivity contribution in [3.8, 4) is 17.3 Å². The van der Waals surface area contributed by atoms with E-state index in [1.165, 1.54) is 0 Å². The van der Waals surface area contributed by atoms with Crippen LogP contribution in [0.5, 0.6) is 0 Å². The van der Waals surface area contributed by atoms with Gasteiger partial charge in [-0.2, -0.15) is 5.26 Å². The van der Waals surface area contributed by atoms with E-state index >= 15 is 0 Å². The van der Waals surface area contributed by atoms with Crippen molar-refractivity contribution in [3.05, 3.63) is 106 Å². The van der Waals surface area contributed by atoms with Crippen molar-refractivity contribution in [1.82, 2.24) is 4.57 Å². The summed E-state index contributed by atoms with van der Waals surface area (Å²) in [6.45, 7) is 0. The highest BCUT2D eigenvalue weighted by molar-refractivity contribution is 6.02. The van der Waals surface area contributed by atoms with Gasteiger partial charge in [0.25, 0.3) is 5.56 Å².